The van der Waals surface area contributed by atoms with Gasteiger partial charge in [0, 0.05) is 23.4 Å². The number of carbonyl (C=O) groups is 2. The van der Waals surface area contributed by atoms with Gasteiger partial charge in [0.25, 0.3) is 5.69 Å². The van der Waals surface area contributed by atoms with Crippen LogP contribution in [0.4, 0.5) is 5.69 Å². The minimum absolute atomic E-state index is 0.00868. The van der Waals surface area contributed by atoms with E-state index in [2.05, 4.69) is 4.74 Å². The predicted molar refractivity (Wildman–Crippen MR) is 69.3 cm³/mol. The van der Waals surface area contributed by atoms with E-state index in [1.807, 2.05) is 0 Å². The zero-order chi connectivity index (χ0) is 14.5. The molecule has 0 amide bonds. The molecule has 106 valence electrons. The first kappa shape index (κ1) is 14.3. The second kappa shape index (κ2) is 6.38. The lowest BCUT2D eigenvalue weighted by atomic mass is 10.3. The molecule has 1 aromatic carbocycles. The molecule has 0 saturated carbocycles. The number of hydrogen-bond donors (Lipinski definition) is 0. The maximum atomic E-state index is 11.5. The Morgan fingerprint density at radius 3 is 2.70 bits per heavy atom. The highest BCUT2D eigenvalue weighted by atomic mass is 32.2. The largest absolute Gasteiger partial charge is 0.463 e. The van der Waals surface area contributed by atoms with Gasteiger partial charge >= 0.3 is 11.9 Å². The number of hydrogen-bond acceptors (Lipinski definition) is 7. The molecule has 1 saturated heterocycles. The van der Waals surface area contributed by atoms with Crippen LogP contribution >= 0.6 is 11.8 Å². The summed E-state index contributed by atoms with van der Waals surface area (Å²) in [4.78, 5) is 33.4. The highest BCUT2D eigenvalue weighted by Gasteiger charge is 2.29. The molecule has 7 nitrogen and oxygen atoms in total. The molecule has 1 fully saturated rings. The topological polar surface area (TPSA) is 95.7 Å². The Bertz CT molecular complexity index is 529. The third-order valence-electron chi connectivity index (χ3n) is 2.57. The first-order chi connectivity index (χ1) is 9.56. The number of thioether (sulfide) groups is 1. The maximum absolute atomic E-state index is 11.5. The van der Waals surface area contributed by atoms with Crippen LogP contribution in [-0.2, 0) is 19.1 Å². The molecule has 0 aliphatic carbocycles. The summed E-state index contributed by atoms with van der Waals surface area (Å²) in [6, 6.07) is 5.84. The van der Waals surface area contributed by atoms with Crippen molar-refractivity contribution in [3.8, 4) is 0 Å². The summed E-state index contributed by atoms with van der Waals surface area (Å²) in [6.45, 7) is 0.270. The zero-order valence-electron chi connectivity index (χ0n) is 10.3. The van der Waals surface area contributed by atoms with Gasteiger partial charge < -0.3 is 9.47 Å². The van der Waals surface area contributed by atoms with Crippen molar-refractivity contribution in [1.82, 2.24) is 0 Å². The van der Waals surface area contributed by atoms with Gasteiger partial charge in [0.1, 0.15) is 0 Å². The highest BCUT2D eigenvalue weighted by Crippen LogP contribution is 2.22. The lowest BCUT2D eigenvalue weighted by Gasteiger charge is -2.07. The number of rotatable bonds is 5. The van der Waals surface area contributed by atoms with Gasteiger partial charge in [0.15, 0.2) is 0 Å². The molecule has 0 unspecified atom stereocenters. The van der Waals surface area contributed by atoms with Crippen molar-refractivity contribution in [2.75, 3.05) is 12.4 Å². The quantitative estimate of drug-likeness (QED) is 0.352. The van der Waals surface area contributed by atoms with Crippen LogP contribution in [0.2, 0.25) is 0 Å². The minimum atomic E-state index is -0.806. The molecule has 0 radical (unpaired) electrons. The average Bonchev–Trinajstić information content (AvgIpc) is 2.82. The van der Waals surface area contributed by atoms with Crippen LogP contribution in [0.1, 0.15) is 6.42 Å². The molecule has 0 spiro atoms. The molecule has 0 aromatic heterocycles. The second-order valence-electron chi connectivity index (χ2n) is 3.97. The lowest BCUT2D eigenvalue weighted by molar-refractivity contribution is -0.384. The van der Waals surface area contributed by atoms with E-state index < -0.39 is 23.0 Å². The molecule has 1 aliphatic rings. The number of ether oxygens (including phenoxy) is 2. The van der Waals surface area contributed by atoms with Crippen molar-refractivity contribution < 1.29 is 24.0 Å². The van der Waals surface area contributed by atoms with Crippen molar-refractivity contribution >= 4 is 29.4 Å². The Kier molecular flexibility index (Phi) is 4.57. The first-order valence-electron chi connectivity index (χ1n) is 5.79. The van der Waals surface area contributed by atoms with E-state index in [1.54, 1.807) is 12.1 Å². The highest BCUT2D eigenvalue weighted by molar-refractivity contribution is 8.00. The number of nitro benzene ring substituents is 1. The molecule has 1 aromatic rings. The predicted octanol–water partition coefficient (Wildman–Crippen LogP) is 1.55. The molecule has 20 heavy (non-hydrogen) atoms. The average molecular weight is 297 g/mol. The van der Waals surface area contributed by atoms with Crippen LogP contribution < -0.4 is 0 Å². The van der Waals surface area contributed by atoms with E-state index in [4.69, 9.17) is 4.74 Å². The number of non-ortho nitro benzene ring substituents is 1. The van der Waals surface area contributed by atoms with Crippen molar-refractivity contribution in [1.29, 1.82) is 0 Å². The molecule has 0 bridgehead atoms. The molecule has 1 atom stereocenters. The fraction of sp³-hybridized carbons (Fsp3) is 0.333. The Hall–Kier alpha value is -2.09. The number of nitrogens with zero attached hydrogens (tertiary/aromatic N) is 1. The number of nitro groups is 1. The fourth-order valence-corrected chi connectivity index (χ4v) is 2.26. The van der Waals surface area contributed by atoms with E-state index in [1.165, 1.54) is 23.9 Å². The summed E-state index contributed by atoms with van der Waals surface area (Å²) in [5.41, 5.74) is -0.00868. The van der Waals surface area contributed by atoms with Gasteiger partial charge in [-0.1, -0.05) is 0 Å². The van der Waals surface area contributed by atoms with Crippen molar-refractivity contribution in [3.05, 3.63) is 34.4 Å². The Balaban J connectivity index is 1.81. The van der Waals surface area contributed by atoms with E-state index in [0.29, 0.717) is 11.3 Å². The second-order valence-corrected chi connectivity index (χ2v) is 5.02. The Morgan fingerprint density at radius 1 is 1.45 bits per heavy atom. The van der Waals surface area contributed by atoms with Crippen LogP contribution in [0.25, 0.3) is 0 Å². The summed E-state index contributed by atoms with van der Waals surface area (Å²) in [7, 11) is 0. The summed E-state index contributed by atoms with van der Waals surface area (Å²) in [6.07, 6.45) is -0.424. The third kappa shape index (κ3) is 3.70. The Labute approximate surface area is 118 Å². The van der Waals surface area contributed by atoms with Crippen LogP contribution in [-0.4, -0.2) is 35.3 Å². The van der Waals surface area contributed by atoms with Crippen molar-refractivity contribution in [2.45, 2.75) is 17.4 Å². The first-order valence-corrected chi connectivity index (χ1v) is 6.78. The van der Waals surface area contributed by atoms with Crippen LogP contribution in [0, 0.1) is 10.1 Å². The van der Waals surface area contributed by atoms with Crippen LogP contribution in [0.3, 0.4) is 0 Å². The maximum Gasteiger partial charge on any atom is 0.347 e. The molecule has 1 aliphatic heterocycles. The molecule has 2 rings (SSSR count). The Morgan fingerprint density at radius 2 is 2.15 bits per heavy atom. The van der Waals surface area contributed by atoms with E-state index in [-0.39, 0.29) is 18.0 Å². The van der Waals surface area contributed by atoms with Gasteiger partial charge in [-0.25, -0.2) is 4.79 Å². The van der Waals surface area contributed by atoms with Gasteiger partial charge in [-0.2, -0.15) is 0 Å². The lowest BCUT2D eigenvalue weighted by Crippen LogP contribution is -2.23. The number of benzene rings is 1. The van der Waals surface area contributed by atoms with Gasteiger partial charge in [0.2, 0.25) is 6.10 Å². The number of esters is 2. The van der Waals surface area contributed by atoms with Crippen molar-refractivity contribution in [2.24, 2.45) is 0 Å². The standard InChI is InChI=1S/C12H11NO6S/c14-11(19-10-5-6-18-12(10)15)7-20-9-3-1-8(2-4-9)13(16)17/h1-4,10H,5-7H2/t10-/m0/s1. The molecule has 0 N–H and O–H groups in total. The normalized spacial score (nSPS) is 17.6. The summed E-state index contributed by atoms with van der Waals surface area (Å²) in [5.74, 6) is -1.00. The molecule has 8 heteroatoms. The monoisotopic (exact) mass is 297 g/mol. The summed E-state index contributed by atoms with van der Waals surface area (Å²) in [5, 5.41) is 10.5. The SMILES string of the molecule is O=C(CSc1ccc([N+](=O)[O-])cc1)O[C@H]1CCOC1=O. The molecular formula is C12H11NO6S. The van der Waals surface area contributed by atoms with Gasteiger partial charge in [-0.3, -0.25) is 14.9 Å². The molecule has 1 heterocycles. The number of cyclic esters (lactones) is 1. The fourth-order valence-electron chi connectivity index (χ4n) is 1.58. The van der Waals surface area contributed by atoms with E-state index >= 15 is 0 Å². The number of carbonyl (C=O) groups excluding carboxylic acids is 2. The van der Waals surface area contributed by atoms with Crippen LogP contribution in [0.15, 0.2) is 29.2 Å². The zero-order valence-corrected chi connectivity index (χ0v) is 11.1. The van der Waals surface area contributed by atoms with Crippen LogP contribution in [0.5, 0.6) is 0 Å². The van der Waals surface area contributed by atoms with E-state index in [0.717, 1.165) is 0 Å². The van der Waals surface area contributed by atoms with Gasteiger partial charge in [-0.05, 0) is 12.1 Å². The van der Waals surface area contributed by atoms with Gasteiger partial charge in [0.05, 0.1) is 17.3 Å². The summed E-state index contributed by atoms with van der Waals surface area (Å²) < 4.78 is 9.64. The van der Waals surface area contributed by atoms with E-state index in [9.17, 15) is 19.7 Å². The smallest absolute Gasteiger partial charge is 0.347 e. The van der Waals surface area contributed by atoms with Gasteiger partial charge in [-0.15, -0.1) is 11.8 Å². The molecular weight excluding hydrogens is 286 g/mol. The third-order valence-corrected chi connectivity index (χ3v) is 3.55. The minimum Gasteiger partial charge on any atom is -0.463 e. The summed E-state index contributed by atoms with van der Waals surface area (Å²) >= 11 is 1.18. The van der Waals surface area contributed by atoms with Crippen molar-refractivity contribution in [3.63, 3.8) is 0 Å².